The van der Waals surface area contributed by atoms with E-state index in [1.807, 2.05) is 18.2 Å². The molecule has 6 nitrogen and oxygen atoms in total. The van der Waals surface area contributed by atoms with Gasteiger partial charge in [0.2, 0.25) is 0 Å². The molecule has 0 atom stereocenters. The second-order valence-electron chi connectivity index (χ2n) is 4.25. The molecule has 0 amide bonds. The van der Waals surface area contributed by atoms with Crippen molar-refractivity contribution in [1.29, 1.82) is 0 Å². The van der Waals surface area contributed by atoms with Gasteiger partial charge in [-0.3, -0.25) is 4.79 Å². The summed E-state index contributed by atoms with van der Waals surface area (Å²) in [6, 6.07) is 5.58. The Morgan fingerprint density at radius 1 is 1.25 bits per heavy atom. The van der Waals surface area contributed by atoms with Crippen LogP contribution in [0.2, 0.25) is 0 Å². The number of nitrogens with two attached hydrogens (primary N) is 1. The van der Waals surface area contributed by atoms with Gasteiger partial charge in [0.05, 0.1) is 14.2 Å². The number of aromatic amines is 1. The lowest BCUT2D eigenvalue weighted by molar-refractivity contribution is 0.354. The van der Waals surface area contributed by atoms with Gasteiger partial charge in [0.25, 0.3) is 5.56 Å². The van der Waals surface area contributed by atoms with Crippen LogP contribution >= 0.6 is 0 Å². The highest BCUT2D eigenvalue weighted by molar-refractivity contribution is 5.43. The number of nitrogens with zero attached hydrogens (tertiary/aromatic N) is 1. The molecule has 20 heavy (non-hydrogen) atoms. The van der Waals surface area contributed by atoms with Gasteiger partial charge in [-0.15, -0.1) is 0 Å². The topological polar surface area (TPSA) is 90.2 Å². The van der Waals surface area contributed by atoms with E-state index in [4.69, 9.17) is 15.2 Å². The monoisotopic (exact) mass is 275 g/mol. The zero-order chi connectivity index (χ0) is 14.5. The number of rotatable bonds is 5. The number of nitrogens with one attached hydrogen (secondary N) is 1. The first kappa shape index (κ1) is 14.1. The fourth-order valence-corrected chi connectivity index (χ4v) is 1.88. The maximum Gasteiger partial charge on any atom is 0.255 e. The predicted molar refractivity (Wildman–Crippen MR) is 75.1 cm³/mol. The van der Waals surface area contributed by atoms with Crippen molar-refractivity contribution in [3.05, 3.63) is 51.7 Å². The standard InChI is InChI=1S/C14H17N3O3/c1-19-11-4-3-9(5-12(11)20-2)6-13-16-8-10(7-15)14(18)17-13/h3-5,8H,6-7,15H2,1-2H3,(H,16,17,18). The zero-order valence-corrected chi connectivity index (χ0v) is 11.5. The highest BCUT2D eigenvalue weighted by Gasteiger charge is 2.07. The van der Waals surface area contributed by atoms with Gasteiger partial charge in [-0.1, -0.05) is 6.07 Å². The van der Waals surface area contributed by atoms with Crippen molar-refractivity contribution in [1.82, 2.24) is 9.97 Å². The SMILES string of the molecule is COc1ccc(Cc2ncc(CN)c(=O)[nH]2)cc1OC. The summed E-state index contributed by atoms with van der Waals surface area (Å²) in [5.41, 5.74) is 6.67. The van der Waals surface area contributed by atoms with Gasteiger partial charge in [0.1, 0.15) is 5.82 Å². The quantitative estimate of drug-likeness (QED) is 0.843. The highest BCUT2D eigenvalue weighted by Crippen LogP contribution is 2.28. The molecule has 1 aromatic heterocycles. The maximum atomic E-state index is 11.7. The fourth-order valence-electron chi connectivity index (χ4n) is 1.88. The number of hydrogen-bond acceptors (Lipinski definition) is 5. The van der Waals surface area contributed by atoms with Gasteiger partial charge >= 0.3 is 0 Å². The summed E-state index contributed by atoms with van der Waals surface area (Å²) >= 11 is 0. The Kier molecular flexibility index (Phi) is 4.37. The molecule has 0 fully saturated rings. The van der Waals surface area contributed by atoms with Gasteiger partial charge in [0.15, 0.2) is 11.5 Å². The number of hydrogen-bond donors (Lipinski definition) is 2. The molecule has 0 aliphatic carbocycles. The summed E-state index contributed by atoms with van der Waals surface area (Å²) < 4.78 is 10.4. The van der Waals surface area contributed by atoms with E-state index in [0.717, 1.165) is 5.56 Å². The van der Waals surface area contributed by atoms with Crippen LogP contribution in [0.4, 0.5) is 0 Å². The maximum absolute atomic E-state index is 11.7. The van der Waals surface area contributed by atoms with Crippen molar-refractivity contribution in [2.75, 3.05) is 14.2 Å². The molecule has 0 unspecified atom stereocenters. The number of H-pyrrole nitrogens is 1. The van der Waals surface area contributed by atoms with Gasteiger partial charge in [-0.2, -0.15) is 0 Å². The van der Waals surface area contributed by atoms with Crippen molar-refractivity contribution in [2.45, 2.75) is 13.0 Å². The van der Waals surface area contributed by atoms with Gasteiger partial charge in [-0.05, 0) is 17.7 Å². The minimum Gasteiger partial charge on any atom is -0.493 e. The van der Waals surface area contributed by atoms with Gasteiger partial charge in [0, 0.05) is 24.7 Å². The number of ether oxygens (including phenoxy) is 2. The molecule has 6 heteroatoms. The average molecular weight is 275 g/mol. The third-order valence-electron chi connectivity index (χ3n) is 2.97. The fraction of sp³-hybridized carbons (Fsp3) is 0.286. The van der Waals surface area contributed by atoms with Crippen LogP contribution in [-0.2, 0) is 13.0 Å². The molecule has 1 heterocycles. The van der Waals surface area contributed by atoms with E-state index in [0.29, 0.717) is 29.3 Å². The molecule has 2 aromatic rings. The summed E-state index contributed by atoms with van der Waals surface area (Å²) in [7, 11) is 3.17. The number of benzene rings is 1. The van der Waals surface area contributed by atoms with Gasteiger partial charge in [-0.25, -0.2) is 4.98 Å². The normalized spacial score (nSPS) is 10.3. The largest absolute Gasteiger partial charge is 0.493 e. The molecule has 0 spiro atoms. The van der Waals surface area contributed by atoms with Crippen LogP contribution in [0.1, 0.15) is 17.0 Å². The second-order valence-corrected chi connectivity index (χ2v) is 4.25. The summed E-state index contributed by atoms with van der Waals surface area (Å²) in [6.45, 7) is 0.180. The van der Waals surface area contributed by atoms with Crippen LogP contribution in [0.3, 0.4) is 0 Å². The molecule has 0 saturated heterocycles. The van der Waals surface area contributed by atoms with Crippen LogP contribution in [0.25, 0.3) is 0 Å². The van der Waals surface area contributed by atoms with Crippen molar-refractivity contribution in [2.24, 2.45) is 5.73 Å². The van der Waals surface area contributed by atoms with Crippen LogP contribution in [0.5, 0.6) is 11.5 Å². The van der Waals surface area contributed by atoms with E-state index in [2.05, 4.69) is 9.97 Å². The van der Waals surface area contributed by atoms with Crippen molar-refractivity contribution >= 4 is 0 Å². The zero-order valence-electron chi connectivity index (χ0n) is 11.5. The molecule has 3 N–H and O–H groups in total. The molecule has 0 aliphatic rings. The Hall–Kier alpha value is -2.34. The molecule has 0 aliphatic heterocycles. The van der Waals surface area contributed by atoms with E-state index in [1.165, 1.54) is 6.20 Å². The molecule has 1 aromatic carbocycles. The average Bonchev–Trinajstić information content (AvgIpc) is 2.47. The molecular weight excluding hydrogens is 258 g/mol. The molecule has 2 rings (SSSR count). The molecule has 0 saturated carbocycles. The van der Waals surface area contributed by atoms with Crippen LogP contribution in [0, 0.1) is 0 Å². The van der Waals surface area contributed by atoms with Crippen molar-refractivity contribution in [3.63, 3.8) is 0 Å². The van der Waals surface area contributed by atoms with E-state index in [-0.39, 0.29) is 12.1 Å². The Balaban J connectivity index is 2.26. The highest BCUT2D eigenvalue weighted by atomic mass is 16.5. The summed E-state index contributed by atoms with van der Waals surface area (Å²) in [5, 5.41) is 0. The second kappa shape index (κ2) is 6.21. The Morgan fingerprint density at radius 2 is 2.00 bits per heavy atom. The molecule has 0 radical (unpaired) electrons. The first-order valence-electron chi connectivity index (χ1n) is 6.16. The Morgan fingerprint density at radius 3 is 2.60 bits per heavy atom. The molecule has 106 valence electrons. The lowest BCUT2D eigenvalue weighted by Crippen LogP contribution is -2.18. The summed E-state index contributed by atoms with van der Waals surface area (Å²) in [5.74, 6) is 1.89. The molecule has 0 bridgehead atoms. The number of aromatic nitrogens is 2. The Labute approximate surface area is 116 Å². The van der Waals surface area contributed by atoms with E-state index in [9.17, 15) is 4.79 Å². The smallest absolute Gasteiger partial charge is 0.255 e. The van der Waals surface area contributed by atoms with Crippen molar-refractivity contribution in [3.8, 4) is 11.5 Å². The summed E-state index contributed by atoms with van der Waals surface area (Å²) in [4.78, 5) is 18.6. The third-order valence-corrected chi connectivity index (χ3v) is 2.97. The van der Waals surface area contributed by atoms with Crippen molar-refractivity contribution < 1.29 is 9.47 Å². The minimum atomic E-state index is -0.196. The van der Waals surface area contributed by atoms with Crippen LogP contribution < -0.4 is 20.8 Å². The van der Waals surface area contributed by atoms with E-state index in [1.54, 1.807) is 14.2 Å². The predicted octanol–water partition coefficient (Wildman–Crippen LogP) is 0.837. The lowest BCUT2D eigenvalue weighted by atomic mass is 10.1. The van der Waals surface area contributed by atoms with Gasteiger partial charge < -0.3 is 20.2 Å². The van der Waals surface area contributed by atoms with Crippen LogP contribution in [-0.4, -0.2) is 24.2 Å². The lowest BCUT2D eigenvalue weighted by Gasteiger charge is -2.09. The summed E-state index contributed by atoms with van der Waals surface area (Å²) in [6.07, 6.45) is 2.01. The van der Waals surface area contributed by atoms with E-state index < -0.39 is 0 Å². The Bertz CT molecular complexity index is 652. The first-order valence-corrected chi connectivity index (χ1v) is 6.16. The first-order chi connectivity index (χ1) is 9.67. The minimum absolute atomic E-state index is 0.180. The third kappa shape index (κ3) is 2.97. The number of methoxy groups -OCH3 is 2. The molecular formula is C14H17N3O3. The van der Waals surface area contributed by atoms with Crippen LogP contribution in [0.15, 0.2) is 29.2 Å². The van der Waals surface area contributed by atoms with E-state index >= 15 is 0 Å².